The number of carbonyl (C=O) groups excluding carboxylic acids is 1. The van der Waals surface area contributed by atoms with E-state index in [0.29, 0.717) is 36.5 Å². The molecule has 2 heterocycles. The molecule has 0 radical (unpaired) electrons. The van der Waals surface area contributed by atoms with Crippen molar-refractivity contribution >= 4 is 11.7 Å². The molecule has 132 valence electrons. The first-order chi connectivity index (χ1) is 12.7. The summed E-state index contributed by atoms with van der Waals surface area (Å²) in [5.41, 5.74) is 1.92. The molecule has 2 aromatic heterocycles. The Morgan fingerprint density at radius 1 is 1.00 bits per heavy atom. The van der Waals surface area contributed by atoms with Crippen LogP contribution in [0.15, 0.2) is 67.0 Å². The number of aromatic nitrogens is 2. The third kappa shape index (κ3) is 4.86. The fourth-order valence-corrected chi connectivity index (χ4v) is 2.43. The van der Waals surface area contributed by atoms with E-state index in [9.17, 15) is 9.18 Å². The molecular formula is C20H19FN4O. The SMILES string of the molecule is O=C(NCc1ccccn1)c1ccc(NCCc2ccccc2F)nc1. The number of nitrogens with one attached hydrogen (secondary N) is 2. The lowest BCUT2D eigenvalue weighted by molar-refractivity contribution is 0.0950. The van der Waals surface area contributed by atoms with Crippen LogP contribution < -0.4 is 10.6 Å². The zero-order valence-corrected chi connectivity index (χ0v) is 14.2. The number of rotatable bonds is 7. The number of anilines is 1. The average Bonchev–Trinajstić information content (AvgIpc) is 2.69. The summed E-state index contributed by atoms with van der Waals surface area (Å²) < 4.78 is 13.6. The van der Waals surface area contributed by atoms with Gasteiger partial charge in [-0.05, 0) is 42.3 Å². The van der Waals surface area contributed by atoms with Crippen molar-refractivity contribution in [1.82, 2.24) is 15.3 Å². The highest BCUT2D eigenvalue weighted by molar-refractivity contribution is 5.93. The van der Waals surface area contributed by atoms with Crippen molar-refractivity contribution in [2.24, 2.45) is 0 Å². The first kappa shape index (κ1) is 17.5. The Hall–Kier alpha value is -3.28. The van der Waals surface area contributed by atoms with Crippen LogP contribution in [0.1, 0.15) is 21.6 Å². The van der Waals surface area contributed by atoms with Gasteiger partial charge in [0.1, 0.15) is 11.6 Å². The van der Waals surface area contributed by atoms with Crippen LogP contribution in [0.25, 0.3) is 0 Å². The molecule has 5 nitrogen and oxygen atoms in total. The second-order valence-corrected chi connectivity index (χ2v) is 5.70. The van der Waals surface area contributed by atoms with Gasteiger partial charge in [-0.25, -0.2) is 9.37 Å². The van der Waals surface area contributed by atoms with E-state index in [1.54, 1.807) is 30.5 Å². The second-order valence-electron chi connectivity index (χ2n) is 5.70. The van der Waals surface area contributed by atoms with E-state index in [1.165, 1.54) is 12.3 Å². The highest BCUT2D eigenvalue weighted by Crippen LogP contribution is 2.09. The van der Waals surface area contributed by atoms with Gasteiger partial charge in [0, 0.05) is 18.9 Å². The van der Waals surface area contributed by atoms with E-state index in [0.717, 1.165) is 5.69 Å². The smallest absolute Gasteiger partial charge is 0.253 e. The lowest BCUT2D eigenvalue weighted by Gasteiger charge is -2.08. The van der Waals surface area contributed by atoms with Gasteiger partial charge < -0.3 is 10.6 Å². The molecule has 26 heavy (non-hydrogen) atoms. The molecule has 3 aromatic rings. The first-order valence-electron chi connectivity index (χ1n) is 8.34. The van der Waals surface area contributed by atoms with Gasteiger partial charge in [0.05, 0.1) is 17.8 Å². The normalized spacial score (nSPS) is 10.3. The largest absolute Gasteiger partial charge is 0.370 e. The fraction of sp³-hybridized carbons (Fsp3) is 0.150. The summed E-state index contributed by atoms with van der Waals surface area (Å²) in [6.07, 6.45) is 3.75. The third-order valence-electron chi connectivity index (χ3n) is 3.84. The van der Waals surface area contributed by atoms with Crippen LogP contribution in [0.2, 0.25) is 0 Å². The van der Waals surface area contributed by atoms with E-state index in [1.807, 2.05) is 24.3 Å². The van der Waals surface area contributed by atoms with Gasteiger partial charge >= 0.3 is 0 Å². The lowest BCUT2D eigenvalue weighted by Crippen LogP contribution is -2.23. The topological polar surface area (TPSA) is 66.9 Å². The van der Waals surface area contributed by atoms with Crippen LogP contribution in [-0.4, -0.2) is 22.4 Å². The van der Waals surface area contributed by atoms with Crippen LogP contribution in [0.3, 0.4) is 0 Å². The number of carbonyl (C=O) groups is 1. The molecule has 1 amide bonds. The molecule has 3 rings (SSSR count). The maximum absolute atomic E-state index is 13.6. The molecule has 0 aliphatic rings. The second kappa shape index (κ2) is 8.71. The fourth-order valence-electron chi connectivity index (χ4n) is 2.43. The molecule has 1 aromatic carbocycles. The summed E-state index contributed by atoms with van der Waals surface area (Å²) in [6, 6.07) is 15.7. The molecular weight excluding hydrogens is 331 g/mol. The monoisotopic (exact) mass is 350 g/mol. The maximum atomic E-state index is 13.6. The van der Waals surface area contributed by atoms with Crippen molar-refractivity contribution in [3.63, 3.8) is 0 Å². The molecule has 0 spiro atoms. The van der Waals surface area contributed by atoms with Gasteiger partial charge in [0.15, 0.2) is 0 Å². The van der Waals surface area contributed by atoms with Gasteiger partial charge in [-0.3, -0.25) is 9.78 Å². The number of nitrogens with zero attached hydrogens (tertiary/aromatic N) is 2. The van der Waals surface area contributed by atoms with E-state index in [-0.39, 0.29) is 11.7 Å². The van der Waals surface area contributed by atoms with Crippen LogP contribution in [0.5, 0.6) is 0 Å². The van der Waals surface area contributed by atoms with Crippen molar-refractivity contribution in [2.45, 2.75) is 13.0 Å². The molecule has 0 unspecified atom stereocenters. The molecule has 0 saturated heterocycles. The van der Waals surface area contributed by atoms with Crippen LogP contribution in [0, 0.1) is 5.82 Å². The molecule has 0 saturated carbocycles. The number of pyridine rings is 2. The van der Waals surface area contributed by atoms with Gasteiger partial charge in [0.25, 0.3) is 5.91 Å². The highest BCUT2D eigenvalue weighted by atomic mass is 19.1. The van der Waals surface area contributed by atoms with E-state index in [2.05, 4.69) is 20.6 Å². The van der Waals surface area contributed by atoms with Crippen molar-refractivity contribution in [1.29, 1.82) is 0 Å². The van der Waals surface area contributed by atoms with Crippen LogP contribution in [-0.2, 0) is 13.0 Å². The maximum Gasteiger partial charge on any atom is 0.253 e. The molecule has 0 bridgehead atoms. The van der Waals surface area contributed by atoms with E-state index in [4.69, 9.17) is 0 Å². The molecule has 6 heteroatoms. The quantitative estimate of drug-likeness (QED) is 0.687. The summed E-state index contributed by atoms with van der Waals surface area (Å²) >= 11 is 0. The van der Waals surface area contributed by atoms with Crippen LogP contribution >= 0.6 is 0 Å². The number of hydrogen-bond acceptors (Lipinski definition) is 4. The predicted molar refractivity (Wildman–Crippen MR) is 98.2 cm³/mol. The number of amides is 1. The predicted octanol–water partition coefficient (Wildman–Crippen LogP) is 3.20. The third-order valence-corrected chi connectivity index (χ3v) is 3.84. The Kier molecular flexibility index (Phi) is 5.88. The average molecular weight is 350 g/mol. The van der Waals surface area contributed by atoms with Crippen molar-refractivity contribution in [2.75, 3.05) is 11.9 Å². The van der Waals surface area contributed by atoms with Crippen LogP contribution in [0.4, 0.5) is 10.2 Å². The highest BCUT2D eigenvalue weighted by Gasteiger charge is 2.06. The summed E-state index contributed by atoms with van der Waals surface area (Å²) in [6.45, 7) is 0.918. The Morgan fingerprint density at radius 2 is 1.85 bits per heavy atom. The zero-order chi connectivity index (χ0) is 18.2. The van der Waals surface area contributed by atoms with Crippen molar-refractivity contribution in [3.05, 3.63) is 89.6 Å². The zero-order valence-electron chi connectivity index (χ0n) is 14.2. The Balaban J connectivity index is 1.48. The standard InChI is InChI=1S/C20H19FN4O/c21-18-7-2-1-5-15(18)10-12-23-19-9-8-16(13-24-19)20(26)25-14-17-6-3-4-11-22-17/h1-9,11,13H,10,12,14H2,(H,23,24)(H,25,26). The lowest BCUT2D eigenvalue weighted by atomic mass is 10.1. The van der Waals surface area contributed by atoms with Gasteiger partial charge in [-0.2, -0.15) is 0 Å². The minimum Gasteiger partial charge on any atom is -0.370 e. The summed E-state index contributed by atoms with van der Waals surface area (Å²) in [5, 5.41) is 5.93. The molecule has 0 aliphatic carbocycles. The van der Waals surface area contributed by atoms with Crippen molar-refractivity contribution < 1.29 is 9.18 Å². The number of halogens is 1. The molecule has 0 aliphatic heterocycles. The summed E-state index contributed by atoms with van der Waals surface area (Å²) in [5.74, 6) is 0.228. The molecule has 2 N–H and O–H groups in total. The van der Waals surface area contributed by atoms with E-state index < -0.39 is 0 Å². The molecule has 0 fully saturated rings. The summed E-state index contributed by atoms with van der Waals surface area (Å²) in [7, 11) is 0. The minimum atomic E-state index is -0.207. The van der Waals surface area contributed by atoms with Gasteiger partial charge in [-0.15, -0.1) is 0 Å². The first-order valence-corrected chi connectivity index (χ1v) is 8.34. The molecule has 0 atom stereocenters. The Labute approximate surface area is 151 Å². The van der Waals surface area contributed by atoms with Gasteiger partial charge in [-0.1, -0.05) is 24.3 Å². The summed E-state index contributed by atoms with van der Waals surface area (Å²) in [4.78, 5) is 20.5. The van der Waals surface area contributed by atoms with E-state index >= 15 is 0 Å². The number of hydrogen-bond donors (Lipinski definition) is 2. The van der Waals surface area contributed by atoms with Crippen molar-refractivity contribution in [3.8, 4) is 0 Å². The van der Waals surface area contributed by atoms with Gasteiger partial charge in [0.2, 0.25) is 0 Å². The number of benzene rings is 1. The Morgan fingerprint density at radius 3 is 2.58 bits per heavy atom. The minimum absolute atomic E-state index is 0.206. The Bertz CT molecular complexity index is 853.